The van der Waals surface area contributed by atoms with E-state index < -0.39 is 45.6 Å². The molecule has 1 atom stereocenters. The molecule has 0 aromatic heterocycles. The molecule has 1 aliphatic rings. The van der Waals surface area contributed by atoms with Gasteiger partial charge in [0, 0.05) is 17.8 Å². The lowest BCUT2D eigenvalue weighted by Gasteiger charge is -2.28. The second kappa shape index (κ2) is 6.43. The minimum Gasteiger partial charge on any atom is -0.478 e. The lowest BCUT2D eigenvalue weighted by Crippen LogP contribution is -2.34. The zero-order valence-corrected chi connectivity index (χ0v) is 12.7. The highest BCUT2D eigenvalue weighted by atomic mass is 16.6. The predicted molar refractivity (Wildman–Crippen MR) is 81.6 cm³/mol. The van der Waals surface area contributed by atoms with E-state index in [2.05, 4.69) is 5.32 Å². The summed E-state index contributed by atoms with van der Waals surface area (Å²) in [5.41, 5.74) is -2.25. The number of carboxylic acids is 3. The molecule has 10 heteroatoms. The summed E-state index contributed by atoms with van der Waals surface area (Å²) in [6.45, 7) is 1.29. The number of nitro benzene ring substituents is 1. The van der Waals surface area contributed by atoms with E-state index in [9.17, 15) is 39.8 Å². The van der Waals surface area contributed by atoms with Crippen molar-refractivity contribution in [2.45, 2.75) is 12.8 Å². The molecule has 2 rings (SSSR count). The summed E-state index contributed by atoms with van der Waals surface area (Å²) in [6.07, 6.45) is 0. The molecule has 0 amide bonds. The Balaban J connectivity index is 2.81. The number of hydrogen-bond donors (Lipinski definition) is 4. The number of nitro groups is 1. The molecule has 1 aromatic rings. The number of carbonyl (C=O) groups is 3. The van der Waals surface area contributed by atoms with Crippen LogP contribution in [0.25, 0.3) is 0 Å². The molecule has 0 saturated carbocycles. The number of non-ortho nitro benzene ring substituents is 1. The van der Waals surface area contributed by atoms with Crippen molar-refractivity contribution in [3.63, 3.8) is 0 Å². The van der Waals surface area contributed by atoms with Gasteiger partial charge in [-0.1, -0.05) is 12.1 Å². The lowest BCUT2D eigenvalue weighted by molar-refractivity contribution is -0.384. The van der Waals surface area contributed by atoms with E-state index in [1.54, 1.807) is 0 Å². The highest BCUT2D eigenvalue weighted by Crippen LogP contribution is 2.39. The third-order valence-electron chi connectivity index (χ3n) is 3.65. The second-order valence-corrected chi connectivity index (χ2v) is 5.15. The van der Waals surface area contributed by atoms with Gasteiger partial charge in [0.1, 0.15) is 5.70 Å². The summed E-state index contributed by atoms with van der Waals surface area (Å²) in [6, 6.07) is 4.75. The van der Waals surface area contributed by atoms with Crippen molar-refractivity contribution in [1.82, 2.24) is 5.32 Å². The van der Waals surface area contributed by atoms with Crippen LogP contribution in [0, 0.1) is 10.1 Å². The van der Waals surface area contributed by atoms with Gasteiger partial charge in [-0.05, 0) is 12.5 Å². The fourth-order valence-corrected chi connectivity index (χ4v) is 2.66. The largest absolute Gasteiger partial charge is 0.478 e. The topological polar surface area (TPSA) is 167 Å². The summed E-state index contributed by atoms with van der Waals surface area (Å²) >= 11 is 0. The molecule has 1 aliphatic heterocycles. The second-order valence-electron chi connectivity index (χ2n) is 5.15. The molecule has 0 spiro atoms. The van der Waals surface area contributed by atoms with E-state index in [1.807, 2.05) is 0 Å². The molecule has 0 fully saturated rings. The highest BCUT2D eigenvalue weighted by molar-refractivity contribution is 6.04. The van der Waals surface area contributed by atoms with Gasteiger partial charge in [-0.3, -0.25) is 10.1 Å². The maximum Gasteiger partial charge on any atom is 0.352 e. The van der Waals surface area contributed by atoms with Crippen LogP contribution in [0.3, 0.4) is 0 Å². The van der Waals surface area contributed by atoms with Gasteiger partial charge in [-0.2, -0.15) is 0 Å². The number of benzene rings is 1. The summed E-state index contributed by atoms with van der Waals surface area (Å²) in [5.74, 6) is -6.18. The van der Waals surface area contributed by atoms with Crippen molar-refractivity contribution in [3.8, 4) is 0 Å². The van der Waals surface area contributed by atoms with Crippen molar-refractivity contribution < 1.29 is 34.6 Å². The number of rotatable bonds is 5. The smallest absolute Gasteiger partial charge is 0.352 e. The van der Waals surface area contributed by atoms with E-state index in [1.165, 1.54) is 19.1 Å². The van der Waals surface area contributed by atoms with Crippen LogP contribution >= 0.6 is 0 Å². The van der Waals surface area contributed by atoms with Gasteiger partial charge in [0.2, 0.25) is 0 Å². The SMILES string of the molecule is CC1=C(C(=O)O)C(c2cccc([N+](=O)[O-])c2)C(C(=O)O)=C(C(=O)O)N1. The Labute approximate surface area is 139 Å². The Morgan fingerprint density at radius 2 is 1.68 bits per heavy atom. The lowest BCUT2D eigenvalue weighted by atomic mass is 9.80. The molecular weight excluding hydrogens is 336 g/mol. The van der Waals surface area contributed by atoms with Crippen LogP contribution in [0.2, 0.25) is 0 Å². The molecule has 1 heterocycles. The number of carboxylic acid groups (broad SMARTS) is 3. The predicted octanol–water partition coefficient (Wildman–Crippen LogP) is 1.06. The summed E-state index contributed by atoms with van der Waals surface area (Å²) in [5, 5.41) is 41.4. The summed E-state index contributed by atoms with van der Waals surface area (Å²) in [4.78, 5) is 44.9. The fraction of sp³-hybridized carbons (Fsp3) is 0.133. The Bertz CT molecular complexity index is 868. The average molecular weight is 348 g/mol. The Hall–Kier alpha value is -3.69. The first kappa shape index (κ1) is 17.7. The van der Waals surface area contributed by atoms with Crippen molar-refractivity contribution in [1.29, 1.82) is 0 Å². The number of hydrogen-bond acceptors (Lipinski definition) is 6. The van der Waals surface area contributed by atoms with Crippen molar-refractivity contribution >= 4 is 23.6 Å². The number of nitrogens with zero attached hydrogens (tertiary/aromatic N) is 1. The molecule has 1 unspecified atom stereocenters. The normalized spacial score (nSPS) is 17.1. The standard InChI is InChI=1S/C15H12N2O8/c1-6-9(13(18)19)10(7-3-2-4-8(5-7)17(24)25)11(14(20)21)12(16-6)15(22)23/h2-5,10,16H,1H3,(H,18,19)(H,20,21)(H,22,23). The highest BCUT2D eigenvalue weighted by Gasteiger charge is 2.39. The van der Waals surface area contributed by atoms with Gasteiger partial charge < -0.3 is 20.6 Å². The van der Waals surface area contributed by atoms with Crippen molar-refractivity contribution in [2.75, 3.05) is 0 Å². The third-order valence-corrected chi connectivity index (χ3v) is 3.65. The van der Waals surface area contributed by atoms with Gasteiger partial charge in [-0.25, -0.2) is 14.4 Å². The van der Waals surface area contributed by atoms with Crippen LogP contribution in [0.1, 0.15) is 18.4 Å². The number of dihydropyridines is 1. The van der Waals surface area contributed by atoms with Crippen LogP contribution < -0.4 is 5.32 Å². The van der Waals surface area contributed by atoms with E-state index in [0.717, 1.165) is 12.1 Å². The Morgan fingerprint density at radius 3 is 2.16 bits per heavy atom. The van der Waals surface area contributed by atoms with Crippen molar-refractivity contribution in [2.24, 2.45) is 0 Å². The zero-order chi connectivity index (χ0) is 18.9. The summed E-state index contributed by atoms with van der Waals surface area (Å²) in [7, 11) is 0. The molecule has 0 aliphatic carbocycles. The van der Waals surface area contributed by atoms with Gasteiger partial charge in [0.05, 0.1) is 22.0 Å². The number of allylic oxidation sites excluding steroid dienone is 1. The van der Waals surface area contributed by atoms with Gasteiger partial charge >= 0.3 is 17.9 Å². The van der Waals surface area contributed by atoms with Gasteiger partial charge in [0.15, 0.2) is 0 Å². The molecule has 4 N–H and O–H groups in total. The van der Waals surface area contributed by atoms with Gasteiger partial charge in [0.25, 0.3) is 5.69 Å². The van der Waals surface area contributed by atoms with E-state index in [0.29, 0.717) is 0 Å². The minimum absolute atomic E-state index is 0.0106. The molecule has 25 heavy (non-hydrogen) atoms. The molecule has 0 radical (unpaired) electrons. The van der Waals surface area contributed by atoms with E-state index in [4.69, 9.17) is 0 Å². The van der Waals surface area contributed by atoms with E-state index >= 15 is 0 Å². The monoisotopic (exact) mass is 348 g/mol. The van der Waals surface area contributed by atoms with Crippen LogP contribution in [0.15, 0.2) is 46.8 Å². The summed E-state index contributed by atoms with van der Waals surface area (Å²) < 4.78 is 0. The van der Waals surface area contributed by atoms with Crippen molar-refractivity contribution in [3.05, 3.63) is 62.5 Å². The molecule has 130 valence electrons. The average Bonchev–Trinajstić information content (AvgIpc) is 2.52. The number of aliphatic carboxylic acids is 3. The Morgan fingerprint density at radius 1 is 1.08 bits per heavy atom. The first-order valence-electron chi connectivity index (χ1n) is 6.81. The molecule has 0 saturated heterocycles. The van der Waals surface area contributed by atoms with Crippen LogP contribution in [-0.4, -0.2) is 38.2 Å². The van der Waals surface area contributed by atoms with Gasteiger partial charge in [-0.15, -0.1) is 0 Å². The van der Waals surface area contributed by atoms with Crippen LogP contribution in [0.5, 0.6) is 0 Å². The molecule has 10 nitrogen and oxygen atoms in total. The first-order chi connectivity index (χ1) is 11.6. The van der Waals surface area contributed by atoms with Crippen LogP contribution in [-0.2, 0) is 14.4 Å². The quantitative estimate of drug-likeness (QED) is 0.449. The van der Waals surface area contributed by atoms with E-state index in [-0.39, 0.29) is 16.9 Å². The fourth-order valence-electron chi connectivity index (χ4n) is 2.66. The maximum atomic E-state index is 11.6. The maximum absolute atomic E-state index is 11.6. The Kier molecular flexibility index (Phi) is 4.54. The first-order valence-corrected chi connectivity index (χ1v) is 6.81. The molecular formula is C15H12N2O8. The third kappa shape index (κ3) is 3.17. The minimum atomic E-state index is -1.65. The molecule has 0 bridgehead atoms. The number of nitrogens with one attached hydrogen (secondary N) is 1. The zero-order valence-electron chi connectivity index (χ0n) is 12.7. The molecule has 1 aromatic carbocycles. The van der Waals surface area contributed by atoms with Crippen LogP contribution in [0.4, 0.5) is 5.69 Å².